The second-order valence-electron chi connectivity index (χ2n) is 7.90. The summed E-state index contributed by atoms with van der Waals surface area (Å²) >= 11 is 0. The van der Waals surface area contributed by atoms with Crippen molar-refractivity contribution in [1.82, 2.24) is 10.6 Å². The molecule has 8 nitrogen and oxygen atoms in total. The monoisotopic (exact) mass is 440 g/mol. The Morgan fingerprint density at radius 1 is 1.00 bits per heavy atom. The molecule has 8 heteroatoms. The molecule has 2 unspecified atom stereocenters. The summed E-state index contributed by atoms with van der Waals surface area (Å²) in [4.78, 5) is 34.6. The van der Waals surface area contributed by atoms with E-state index in [0.717, 1.165) is 22.3 Å². The van der Waals surface area contributed by atoms with Gasteiger partial charge in [0.1, 0.15) is 6.61 Å². The number of ether oxygens (including phenoxy) is 1. The Morgan fingerprint density at radius 2 is 1.59 bits per heavy atom. The lowest BCUT2D eigenvalue weighted by Crippen LogP contribution is -2.35. The highest BCUT2D eigenvalue weighted by Crippen LogP contribution is 2.44. The molecule has 0 radical (unpaired) electrons. The number of carbonyl (C=O) groups excluding carboxylic acids is 2. The van der Waals surface area contributed by atoms with Gasteiger partial charge in [0.05, 0.1) is 0 Å². The lowest BCUT2D eigenvalue weighted by Gasteiger charge is -2.17. The van der Waals surface area contributed by atoms with E-state index in [-0.39, 0.29) is 43.9 Å². The highest BCUT2D eigenvalue weighted by atomic mass is 16.5. The van der Waals surface area contributed by atoms with Crippen molar-refractivity contribution in [1.29, 1.82) is 0 Å². The molecule has 2 aromatic rings. The predicted octanol–water partition coefficient (Wildman–Crippen LogP) is 2.65. The number of carbonyl (C=O) groups is 3. The highest BCUT2D eigenvalue weighted by molar-refractivity contribution is 5.79. The van der Waals surface area contributed by atoms with E-state index in [1.54, 1.807) is 6.92 Å². The first-order valence-corrected chi connectivity index (χ1v) is 10.7. The average Bonchev–Trinajstić information content (AvgIpc) is 3.10. The van der Waals surface area contributed by atoms with Crippen LogP contribution in [0.5, 0.6) is 0 Å². The van der Waals surface area contributed by atoms with Crippen molar-refractivity contribution in [2.24, 2.45) is 0 Å². The first-order chi connectivity index (χ1) is 15.4. The fourth-order valence-electron chi connectivity index (χ4n) is 3.82. The number of amides is 2. The maximum Gasteiger partial charge on any atom is 0.407 e. The molecular formula is C24H28N2O6. The number of carboxylic acid groups (broad SMARTS) is 1. The predicted molar refractivity (Wildman–Crippen MR) is 118 cm³/mol. The third kappa shape index (κ3) is 5.85. The van der Waals surface area contributed by atoms with Crippen LogP contribution in [0.4, 0.5) is 4.79 Å². The van der Waals surface area contributed by atoms with Crippen LogP contribution in [0, 0.1) is 0 Å². The number of nitrogens with one attached hydrogen (secondary N) is 2. The molecule has 0 fully saturated rings. The minimum atomic E-state index is -1.50. The van der Waals surface area contributed by atoms with Crippen molar-refractivity contribution in [3.05, 3.63) is 59.7 Å². The Kier molecular flexibility index (Phi) is 7.83. The third-order valence-corrected chi connectivity index (χ3v) is 5.54. The fraction of sp³-hybridized carbons (Fsp3) is 0.375. The molecular weight excluding hydrogens is 412 g/mol. The van der Waals surface area contributed by atoms with Crippen LogP contribution >= 0.6 is 0 Å². The molecule has 0 heterocycles. The van der Waals surface area contributed by atoms with Crippen molar-refractivity contribution in [3.8, 4) is 11.1 Å². The molecule has 0 aromatic heterocycles. The molecule has 2 amide bonds. The summed E-state index contributed by atoms with van der Waals surface area (Å²) in [5, 5.41) is 23.1. The SMILES string of the molecule is CC(CCC(=O)NCCC(O)C(=O)O)NC(=O)OCC1c2ccccc2-c2ccccc21. The van der Waals surface area contributed by atoms with Crippen molar-refractivity contribution in [2.75, 3.05) is 13.2 Å². The van der Waals surface area contributed by atoms with E-state index in [1.807, 2.05) is 24.3 Å². The maximum atomic E-state index is 12.3. The van der Waals surface area contributed by atoms with Crippen molar-refractivity contribution < 1.29 is 29.3 Å². The van der Waals surface area contributed by atoms with Crippen LogP contribution in [0.2, 0.25) is 0 Å². The Hall–Kier alpha value is -3.39. The van der Waals surface area contributed by atoms with Gasteiger partial charge >= 0.3 is 12.1 Å². The van der Waals surface area contributed by atoms with Crippen LogP contribution in [0.15, 0.2) is 48.5 Å². The number of aliphatic hydroxyl groups is 1. The van der Waals surface area contributed by atoms with Crippen LogP contribution in [-0.4, -0.2) is 53.5 Å². The lowest BCUT2D eigenvalue weighted by molar-refractivity contribution is -0.147. The Balaban J connectivity index is 1.41. The molecule has 2 aromatic carbocycles. The maximum absolute atomic E-state index is 12.3. The number of aliphatic hydroxyl groups excluding tert-OH is 1. The van der Waals surface area contributed by atoms with E-state index in [2.05, 4.69) is 34.9 Å². The first-order valence-electron chi connectivity index (χ1n) is 10.7. The Bertz CT molecular complexity index is 931. The van der Waals surface area contributed by atoms with Crippen molar-refractivity contribution >= 4 is 18.0 Å². The third-order valence-electron chi connectivity index (χ3n) is 5.54. The lowest BCUT2D eigenvalue weighted by atomic mass is 9.98. The number of aliphatic carboxylic acids is 1. The van der Waals surface area contributed by atoms with Gasteiger partial charge in [0.25, 0.3) is 0 Å². The molecule has 1 aliphatic carbocycles. The minimum Gasteiger partial charge on any atom is -0.479 e. The quantitative estimate of drug-likeness (QED) is 0.450. The van der Waals surface area contributed by atoms with E-state index >= 15 is 0 Å². The van der Waals surface area contributed by atoms with Gasteiger partial charge in [-0.15, -0.1) is 0 Å². The van der Waals surface area contributed by atoms with Crippen LogP contribution in [0.1, 0.15) is 43.2 Å². The number of hydrogen-bond donors (Lipinski definition) is 4. The van der Waals surface area contributed by atoms with Gasteiger partial charge in [0, 0.05) is 31.3 Å². The molecule has 4 N–H and O–H groups in total. The van der Waals surface area contributed by atoms with Crippen LogP contribution < -0.4 is 10.6 Å². The fourth-order valence-corrected chi connectivity index (χ4v) is 3.82. The van der Waals surface area contributed by atoms with E-state index < -0.39 is 18.2 Å². The molecule has 170 valence electrons. The van der Waals surface area contributed by atoms with E-state index in [0.29, 0.717) is 6.42 Å². The Morgan fingerprint density at radius 3 is 2.19 bits per heavy atom. The van der Waals surface area contributed by atoms with Gasteiger partial charge < -0.3 is 25.6 Å². The van der Waals surface area contributed by atoms with Gasteiger partial charge in [0.15, 0.2) is 6.10 Å². The zero-order chi connectivity index (χ0) is 23.1. The first kappa shape index (κ1) is 23.3. The van der Waals surface area contributed by atoms with Gasteiger partial charge in [-0.1, -0.05) is 48.5 Å². The zero-order valence-corrected chi connectivity index (χ0v) is 17.9. The van der Waals surface area contributed by atoms with E-state index in [4.69, 9.17) is 9.84 Å². The summed E-state index contributed by atoms with van der Waals surface area (Å²) in [6, 6.07) is 15.9. The standard InChI is InChI=1S/C24H28N2O6/c1-15(10-11-22(28)25-13-12-21(27)23(29)30)26-24(31)32-14-20-18-8-4-2-6-16(18)17-7-3-5-9-19(17)20/h2-9,15,20-21,27H,10-14H2,1H3,(H,25,28)(H,26,31)(H,29,30). The molecule has 0 saturated carbocycles. The van der Waals surface area contributed by atoms with Crippen LogP contribution in [0.25, 0.3) is 11.1 Å². The van der Waals surface area contributed by atoms with Gasteiger partial charge in [-0.2, -0.15) is 0 Å². The summed E-state index contributed by atoms with van der Waals surface area (Å²) in [6.07, 6.45) is -1.53. The van der Waals surface area contributed by atoms with Crippen molar-refractivity contribution in [3.63, 3.8) is 0 Å². The molecule has 1 aliphatic rings. The highest BCUT2D eigenvalue weighted by Gasteiger charge is 2.29. The second kappa shape index (κ2) is 10.8. The Labute approximate surface area is 186 Å². The second-order valence-corrected chi connectivity index (χ2v) is 7.90. The van der Waals surface area contributed by atoms with Crippen LogP contribution in [-0.2, 0) is 14.3 Å². The molecule has 0 spiro atoms. The van der Waals surface area contributed by atoms with Gasteiger partial charge in [-0.05, 0) is 35.6 Å². The minimum absolute atomic E-state index is 0.0182. The van der Waals surface area contributed by atoms with E-state index in [9.17, 15) is 19.5 Å². The van der Waals surface area contributed by atoms with E-state index in [1.165, 1.54) is 0 Å². The topological polar surface area (TPSA) is 125 Å². The molecule has 32 heavy (non-hydrogen) atoms. The normalized spacial score (nSPS) is 14.1. The average molecular weight is 440 g/mol. The largest absolute Gasteiger partial charge is 0.479 e. The smallest absolute Gasteiger partial charge is 0.407 e. The molecule has 0 bridgehead atoms. The molecule has 3 rings (SSSR count). The van der Waals surface area contributed by atoms with Gasteiger partial charge in [-0.3, -0.25) is 4.79 Å². The summed E-state index contributed by atoms with van der Waals surface area (Å²) in [6.45, 7) is 2.07. The summed E-state index contributed by atoms with van der Waals surface area (Å²) in [5.74, 6) is -1.61. The zero-order valence-electron chi connectivity index (χ0n) is 17.9. The van der Waals surface area contributed by atoms with Crippen LogP contribution in [0.3, 0.4) is 0 Å². The van der Waals surface area contributed by atoms with Gasteiger partial charge in [0.2, 0.25) is 5.91 Å². The summed E-state index contributed by atoms with van der Waals surface area (Å²) in [7, 11) is 0. The number of fused-ring (bicyclic) bond motifs is 3. The molecule has 0 aliphatic heterocycles. The number of hydrogen-bond acceptors (Lipinski definition) is 5. The number of benzene rings is 2. The van der Waals surface area contributed by atoms with Crippen molar-refractivity contribution in [2.45, 2.75) is 44.2 Å². The number of alkyl carbamates (subject to hydrolysis) is 1. The summed E-state index contributed by atoms with van der Waals surface area (Å²) < 4.78 is 5.50. The molecule has 0 saturated heterocycles. The molecule has 2 atom stereocenters. The number of rotatable bonds is 10. The van der Waals surface area contributed by atoms with Gasteiger partial charge in [-0.25, -0.2) is 9.59 Å². The number of carboxylic acids is 1. The summed E-state index contributed by atoms with van der Waals surface area (Å²) in [5.41, 5.74) is 4.60.